The maximum absolute atomic E-state index is 13.3. The van der Waals surface area contributed by atoms with Gasteiger partial charge in [-0.2, -0.15) is 0 Å². The van der Waals surface area contributed by atoms with Gasteiger partial charge in [0.15, 0.2) is 11.5 Å². The molecule has 2 amide bonds. The topological polar surface area (TPSA) is 67.9 Å². The van der Waals surface area contributed by atoms with Crippen molar-refractivity contribution >= 4 is 40.4 Å². The van der Waals surface area contributed by atoms with E-state index in [2.05, 4.69) is 5.32 Å². The van der Waals surface area contributed by atoms with E-state index in [1.54, 1.807) is 54.6 Å². The molecule has 0 spiro atoms. The van der Waals surface area contributed by atoms with Crippen molar-refractivity contribution in [2.45, 2.75) is 0 Å². The molecule has 7 heteroatoms. The van der Waals surface area contributed by atoms with Crippen molar-refractivity contribution in [2.24, 2.45) is 0 Å². The lowest BCUT2D eigenvalue weighted by molar-refractivity contribution is -0.120. The Bertz CT molecular complexity index is 1190. The molecular weight excluding hydrogens is 404 g/mol. The van der Waals surface area contributed by atoms with Crippen LogP contribution in [0.2, 0.25) is 5.02 Å². The number of hydrogen-bond acceptors (Lipinski definition) is 5. The molecule has 0 fully saturated rings. The van der Waals surface area contributed by atoms with Crippen LogP contribution in [0, 0.1) is 0 Å². The van der Waals surface area contributed by atoms with Crippen LogP contribution >= 0.6 is 11.6 Å². The van der Waals surface area contributed by atoms with E-state index in [0.717, 1.165) is 4.90 Å². The number of imide groups is 1. The van der Waals surface area contributed by atoms with Crippen LogP contribution < -0.4 is 19.7 Å². The number of hydrogen-bond donors (Lipinski definition) is 1. The van der Waals surface area contributed by atoms with Gasteiger partial charge < -0.3 is 14.8 Å². The highest BCUT2D eigenvalue weighted by Crippen LogP contribution is 2.37. The molecule has 0 radical (unpaired) electrons. The van der Waals surface area contributed by atoms with E-state index >= 15 is 0 Å². The Labute approximate surface area is 177 Å². The SMILES string of the molecule is O=C1C(Nc2ccc3c(c2)OCO3)=C(c2ccccc2)C(=O)N1c1ccc(Cl)cc1. The fraction of sp³-hybridized carbons (Fsp3) is 0.0435. The van der Waals surface area contributed by atoms with E-state index < -0.39 is 11.8 Å². The third-order valence-corrected chi connectivity index (χ3v) is 5.13. The van der Waals surface area contributed by atoms with Crippen molar-refractivity contribution in [3.05, 3.63) is 89.1 Å². The third kappa shape index (κ3) is 3.07. The first-order valence-corrected chi connectivity index (χ1v) is 9.60. The molecule has 0 aromatic heterocycles. The normalized spacial score (nSPS) is 15.2. The molecule has 1 N–H and O–H groups in total. The molecule has 0 unspecified atom stereocenters. The number of nitrogens with one attached hydrogen (secondary N) is 1. The number of nitrogens with zero attached hydrogens (tertiary/aromatic N) is 1. The number of benzene rings is 3. The van der Waals surface area contributed by atoms with Crippen molar-refractivity contribution in [1.29, 1.82) is 0 Å². The molecule has 0 saturated carbocycles. The molecule has 5 rings (SSSR count). The van der Waals surface area contributed by atoms with Crippen molar-refractivity contribution < 1.29 is 19.1 Å². The molecule has 2 heterocycles. The van der Waals surface area contributed by atoms with Gasteiger partial charge in [-0.25, -0.2) is 4.90 Å². The maximum Gasteiger partial charge on any atom is 0.282 e. The van der Waals surface area contributed by atoms with Crippen molar-refractivity contribution in [3.8, 4) is 11.5 Å². The van der Waals surface area contributed by atoms with Crippen LogP contribution in [0.4, 0.5) is 11.4 Å². The van der Waals surface area contributed by atoms with Crippen LogP contribution in [0.3, 0.4) is 0 Å². The third-order valence-electron chi connectivity index (χ3n) is 4.87. The second kappa shape index (κ2) is 7.24. The Kier molecular flexibility index (Phi) is 4.41. The highest BCUT2D eigenvalue weighted by atomic mass is 35.5. The largest absolute Gasteiger partial charge is 0.454 e. The van der Waals surface area contributed by atoms with Crippen LogP contribution in [0.15, 0.2) is 78.5 Å². The van der Waals surface area contributed by atoms with E-state index in [1.807, 2.05) is 18.2 Å². The van der Waals surface area contributed by atoms with E-state index in [9.17, 15) is 9.59 Å². The van der Waals surface area contributed by atoms with Crippen LogP contribution in [-0.2, 0) is 9.59 Å². The first-order valence-electron chi connectivity index (χ1n) is 9.22. The van der Waals surface area contributed by atoms with Gasteiger partial charge in [-0.3, -0.25) is 9.59 Å². The van der Waals surface area contributed by atoms with E-state index in [1.165, 1.54) is 0 Å². The highest BCUT2D eigenvalue weighted by Gasteiger charge is 2.40. The van der Waals surface area contributed by atoms with Gasteiger partial charge in [0.2, 0.25) is 6.79 Å². The lowest BCUT2D eigenvalue weighted by atomic mass is 10.0. The lowest BCUT2D eigenvalue weighted by Crippen LogP contribution is -2.32. The summed E-state index contributed by atoms with van der Waals surface area (Å²) in [6.45, 7) is 0.151. The monoisotopic (exact) mass is 418 g/mol. The Morgan fingerprint density at radius 3 is 2.33 bits per heavy atom. The van der Waals surface area contributed by atoms with E-state index in [-0.39, 0.29) is 12.5 Å². The van der Waals surface area contributed by atoms with Crippen LogP contribution in [-0.4, -0.2) is 18.6 Å². The Morgan fingerprint density at radius 1 is 0.833 bits per heavy atom. The van der Waals surface area contributed by atoms with Gasteiger partial charge in [0.05, 0.1) is 11.3 Å². The van der Waals surface area contributed by atoms with E-state index in [4.69, 9.17) is 21.1 Å². The summed E-state index contributed by atoms with van der Waals surface area (Å²) in [5.41, 5.74) is 2.20. The zero-order valence-corrected chi connectivity index (χ0v) is 16.3. The zero-order chi connectivity index (χ0) is 20.7. The van der Waals surface area contributed by atoms with E-state index in [0.29, 0.717) is 39.0 Å². The summed E-state index contributed by atoms with van der Waals surface area (Å²) in [7, 11) is 0. The summed E-state index contributed by atoms with van der Waals surface area (Å²) in [5, 5.41) is 3.64. The van der Waals surface area contributed by atoms with Crippen LogP contribution in [0.1, 0.15) is 5.56 Å². The number of rotatable bonds is 4. The molecular formula is C23H15ClN2O4. The highest BCUT2D eigenvalue weighted by molar-refractivity contribution is 6.46. The second-order valence-corrected chi connectivity index (χ2v) is 7.17. The van der Waals surface area contributed by atoms with Gasteiger partial charge in [-0.1, -0.05) is 41.9 Å². The van der Waals surface area contributed by atoms with Gasteiger partial charge in [0, 0.05) is 16.8 Å². The predicted octanol–water partition coefficient (Wildman–Crippen LogP) is 4.47. The van der Waals surface area contributed by atoms with Crippen molar-refractivity contribution in [1.82, 2.24) is 0 Å². The number of halogens is 1. The number of carbonyl (C=O) groups is 2. The van der Waals surface area contributed by atoms with Crippen LogP contribution in [0.25, 0.3) is 5.57 Å². The maximum atomic E-state index is 13.3. The minimum atomic E-state index is -0.446. The number of fused-ring (bicyclic) bond motifs is 1. The Hall–Kier alpha value is -3.77. The Morgan fingerprint density at radius 2 is 1.57 bits per heavy atom. The molecule has 2 aliphatic rings. The smallest absolute Gasteiger partial charge is 0.282 e. The quantitative estimate of drug-likeness (QED) is 0.633. The first kappa shape index (κ1) is 18.3. The lowest BCUT2D eigenvalue weighted by Gasteiger charge is -2.15. The summed E-state index contributed by atoms with van der Waals surface area (Å²) < 4.78 is 10.7. The summed E-state index contributed by atoms with van der Waals surface area (Å²) in [6, 6.07) is 20.9. The molecule has 0 aliphatic carbocycles. The van der Waals surface area contributed by atoms with Gasteiger partial charge in [0.25, 0.3) is 11.8 Å². The molecule has 2 aliphatic heterocycles. The standard InChI is InChI=1S/C23H15ClN2O4/c24-15-6-9-17(10-7-15)26-22(27)20(14-4-2-1-3-5-14)21(23(26)28)25-16-8-11-18-19(12-16)30-13-29-18/h1-12,25H,13H2. The number of carbonyl (C=O) groups excluding carboxylic acids is 2. The molecule has 0 bridgehead atoms. The number of ether oxygens (including phenoxy) is 2. The fourth-order valence-corrected chi connectivity index (χ4v) is 3.59. The average Bonchev–Trinajstić information content (AvgIpc) is 3.32. The zero-order valence-electron chi connectivity index (χ0n) is 15.6. The minimum Gasteiger partial charge on any atom is -0.454 e. The first-order chi connectivity index (χ1) is 14.6. The molecule has 6 nitrogen and oxygen atoms in total. The molecule has 30 heavy (non-hydrogen) atoms. The van der Waals surface area contributed by atoms with Gasteiger partial charge in [-0.15, -0.1) is 0 Å². The molecule has 3 aromatic carbocycles. The summed E-state index contributed by atoms with van der Waals surface area (Å²) in [6.07, 6.45) is 0. The Balaban J connectivity index is 1.58. The molecule has 0 saturated heterocycles. The van der Waals surface area contributed by atoms with Gasteiger partial charge >= 0.3 is 0 Å². The summed E-state index contributed by atoms with van der Waals surface area (Å²) >= 11 is 5.96. The van der Waals surface area contributed by atoms with Gasteiger partial charge in [-0.05, 0) is 42.0 Å². The molecule has 0 atom stereocenters. The van der Waals surface area contributed by atoms with Crippen LogP contribution in [0.5, 0.6) is 11.5 Å². The molecule has 148 valence electrons. The van der Waals surface area contributed by atoms with Crippen molar-refractivity contribution in [2.75, 3.05) is 17.0 Å². The van der Waals surface area contributed by atoms with Crippen molar-refractivity contribution in [3.63, 3.8) is 0 Å². The summed E-state index contributed by atoms with van der Waals surface area (Å²) in [4.78, 5) is 27.8. The van der Waals surface area contributed by atoms with Gasteiger partial charge in [0.1, 0.15) is 5.70 Å². The average molecular weight is 419 g/mol. The number of anilines is 2. The molecule has 3 aromatic rings. The number of amides is 2. The summed E-state index contributed by atoms with van der Waals surface area (Å²) in [5.74, 6) is 0.359. The fourth-order valence-electron chi connectivity index (χ4n) is 3.46. The minimum absolute atomic E-state index is 0.151. The predicted molar refractivity (Wildman–Crippen MR) is 113 cm³/mol. The second-order valence-electron chi connectivity index (χ2n) is 6.73.